The van der Waals surface area contributed by atoms with E-state index in [0.29, 0.717) is 19.4 Å². The van der Waals surface area contributed by atoms with Gasteiger partial charge in [0, 0.05) is 32.5 Å². The molecule has 110 valence electrons. The second-order valence-corrected chi connectivity index (χ2v) is 5.81. The number of nitrogens with zero attached hydrogens (tertiary/aromatic N) is 3. The third kappa shape index (κ3) is 3.55. The highest BCUT2D eigenvalue weighted by Gasteiger charge is 2.24. The van der Waals surface area contributed by atoms with Gasteiger partial charge in [0.1, 0.15) is 4.88 Å². The molecular formula is C13H19N3O3S. The van der Waals surface area contributed by atoms with Crippen molar-refractivity contribution in [3.8, 4) is 0 Å². The first kappa shape index (κ1) is 14.9. The van der Waals surface area contributed by atoms with E-state index < -0.39 is 5.97 Å². The van der Waals surface area contributed by atoms with Gasteiger partial charge in [-0.1, -0.05) is 6.92 Å². The Hall–Kier alpha value is -1.47. The zero-order valence-electron chi connectivity index (χ0n) is 11.5. The van der Waals surface area contributed by atoms with Crippen LogP contribution in [0.2, 0.25) is 0 Å². The van der Waals surface area contributed by atoms with E-state index in [1.54, 1.807) is 0 Å². The standard InChI is InChI=1S/C13H19N3O3S/c1-2-15-7-4-6-12(17)16(15)8-3-5-11-14-9-10(20-11)13(18)19/h9H,2-8H2,1H3,(H,18,19). The molecule has 1 aliphatic rings. The van der Waals surface area contributed by atoms with E-state index in [4.69, 9.17) is 5.11 Å². The van der Waals surface area contributed by atoms with E-state index in [9.17, 15) is 9.59 Å². The van der Waals surface area contributed by atoms with Crippen molar-refractivity contribution in [3.63, 3.8) is 0 Å². The first-order valence-electron chi connectivity index (χ1n) is 6.85. The smallest absolute Gasteiger partial charge is 0.347 e. The fourth-order valence-electron chi connectivity index (χ4n) is 2.32. The summed E-state index contributed by atoms with van der Waals surface area (Å²) in [6.45, 7) is 4.50. The minimum absolute atomic E-state index is 0.184. The molecular weight excluding hydrogens is 278 g/mol. The molecule has 0 atom stereocenters. The second-order valence-electron chi connectivity index (χ2n) is 4.69. The van der Waals surface area contributed by atoms with Crippen molar-refractivity contribution < 1.29 is 14.7 Å². The van der Waals surface area contributed by atoms with E-state index in [1.807, 2.05) is 11.9 Å². The van der Waals surface area contributed by atoms with Crippen LogP contribution in [-0.2, 0) is 11.2 Å². The number of carbonyl (C=O) groups is 2. The van der Waals surface area contributed by atoms with Crippen molar-refractivity contribution in [2.24, 2.45) is 0 Å². The van der Waals surface area contributed by atoms with Crippen molar-refractivity contribution in [2.45, 2.75) is 32.6 Å². The van der Waals surface area contributed by atoms with Gasteiger partial charge in [-0.15, -0.1) is 11.3 Å². The molecule has 1 aromatic heterocycles. The highest BCUT2D eigenvalue weighted by atomic mass is 32.1. The Balaban J connectivity index is 1.84. The van der Waals surface area contributed by atoms with Gasteiger partial charge in [-0.25, -0.2) is 14.8 Å². The van der Waals surface area contributed by atoms with Crippen LogP contribution in [0.25, 0.3) is 0 Å². The Kier molecular flexibility index (Phi) is 5.08. The number of rotatable bonds is 6. The van der Waals surface area contributed by atoms with E-state index >= 15 is 0 Å². The lowest BCUT2D eigenvalue weighted by Gasteiger charge is -2.37. The minimum Gasteiger partial charge on any atom is -0.477 e. The van der Waals surface area contributed by atoms with E-state index in [2.05, 4.69) is 9.99 Å². The maximum Gasteiger partial charge on any atom is 0.347 e. The SMILES string of the molecule is CCN1CCCC(=O)N1CCCc1ncc(C(=O)O)s1. The van der Waals surface area contributed by atoms with Crippen molar-refractivity contribution in [1.29, 1.82) is 0 Å². The summed E-state index contributed by atoms with van der Waals surface area (Å²) in [5.74, 6) is -0.749. The molecule has 0 aliphatic carbocycles. The number of hydrazine groups is 1. The van der Waals surface area contributed by atoms with Crippen molar-refractivity contribution in [1.82, 2.24) is 15.0 Å². The van der Waals surface area contributed by atoms with Crippen LogP contribution in [0.4, 0.5) is 0 Å². The van der Waals surface area contributed by atoms with Crippen LogP contribution < -0.4 is 0 Å². The van der Waals surface area contributed by atoms with Crippen LogP contribution >= 0.6 is 11.3 Å². The Morgan fingerprint density at radius 1 is 1.55 bits per heavy atom. The minimum atomic E-state index is -0.933. The number of thiazole rings is 1. The molecule has 1 saturated heterocycles. The molecule has 0 aromatic carbocycles. The summed E-state index contributed by atoms with van der Waals surface area (Å²) in [6.07, 6.45) is 4.45. The topological polar surface area (TPSA) is 73.7 Å². The lowest BCUT2D eigenvalue weighted by molar-refractivity contribution is -0.155. The lowest BCUT2D eigenvalue weighted by atomic mass is 10.2. The quantitative estimate of drug-likeness (QED) is 0.864. The molecule has 1 fully saturated rings. The number of carbonyl (C=O) groups excluding carboxylic acids is 1. The molecule has 7 heteroatoms. The van der Waals surface area contributed by atoms with Crippen molar-refractivity contribution >= 4 is 23.2 Å². The molecule has 2 heterocycles. The number of carboxylic acids is 1. The fraction of sp³-hybridized carbons (Fsp3) is 0.615. The average Bonchev–Trinajstić information content (AvgIpc) is 2.89. The molecule has 0 spiro atoms. The summed E-state index contributed by atoms with van der Waals surface area (Å²) >= 11 is 1.21. The Labute approximate surface area is 122 Å². The zero-order valence-corrected chi connectivity index (χ0v) is 12.4. The van der Waals surface area contributed by atoms with Gasteiger partial charge in [0.25, 0.3) is 0 Å². The van der Waals surface area contributed by atoms with Gasteiger partial charge in [-0.05, 0) is 12.8 Å². The van der Waals surface area contributed by atoms with Gasteiger partial charge in [-0.3, -0.25) is 9.80 Å². The van der Waals surface area contributed by atoms with E-state index in [-0.39, 0.29) is 10.8 Å². The van der Waals surface area contributed by atoms with Gasteiger partial charge >= 0.3 is 5.97 Å². The van der Waals surface area contributed by atoms with Crippen LogP contribution in [0.15, 0.2) is 6.20 Å². The monoisotopic (exact) mass is 297 g/mol. The number of carboxylic acid groups (broad SMARTS) is 1. The molecule has 0 unspecified atom stereocenters. The average molecular weight is 297 g/mol. The summed E-state index contributed by atoms with van der Waals surface area (Å²) in [4.78, 5) is 27.0. The van der Waals surface area contributed by atoms with Crippen LogP contribution in [0.5, 0.6) is 0 Å². The largest absolute Gasteiger partial charge is 0.477 e. The summed E-state index contributed by atoms with van der Waals surface area (Å²) in [5, 5.41) is 13.6. The molecule has 1 N–H and O–H groups in total. The molecule has 1 aromatic rings. The summed E-state index contributed by atoms with van der Waals surface area (Å²) in [6, 6.07) is 0. The second kappa shape index (κ2) is 6.81. The molecule has 0 radical (unpaired) electrons. The van der Waals surface area contributed by atoms with E-state index in [1.165, 1.54) is 17.5 Å². The van der Waals surface area contributed by atoms with E-state index in [0.717, 1.165) is 30.9 Å². The molecule has 20 heavy (non-hydrogen) atoms. The molecule has 0 saturated carbocycles. The first-order valence-corrected chi connectivity index (χ1v) is 7.66. The molecule has 2 rings (SSSR count). The Morgan fingerprint density at radius 3 is 3.00 bits per heavy atom. The number of amides is 1. The molecule has 1 aliphatic heterocycles. The van der Waals surface area contributed by atoms with Crippen molar-refractivity contribution in [2.75, 3.05) is 19.6 Å². The molecule has 6 nitrogen and oxygen atoms in total. The third-order valence-corrected chi connectivity index (χ3v) is 4.37. The van der Waals surface area contributed by atoms with Crippen molar-refractivity contribution in [3.05, 3.63) is 16.1 Å². The first-order chi connectivity index (χ1) is 9.61. The Bertz CT molecular complexity index is 489. The van der Waals surface area contributed by atoms with Crippen LogP contribution in [0.3, 0.4) is 0 Å². The summed E-state index contributed by atoms with van der Waals surface area (Å²) in [7, 11) is 0. The van der Waals surface area contributed by atoms with Gasteiger partial charge in [0.15, 0.2) is 0 Å². The fourth-order valence-corrected chi connectivity index (χ4v) is 3.12. The maximum absolute atomic E-state index is 11.9. The maximum atomic E-state index is 11.9. The highest BCUT2D eigenvalue weighted by Crippen LogP contribution is 2.16. The zero-order chi connectivity index (χ0) is 14.5. The summed E-state index contributed by atoms with van der Waals surface area (Å²) in [5.41, 5.74) is 0. The van der Waals surface area contributed by atoms with Gasteiger partial charge in [-0.2, -0.15) is 0 Å². The van der Waals surface area contributed by atoms with Crippen LogP contribution in [-0.4, -0.2) is 51.6 Å². The predicted octanol–water partition coefficient (Wildman–Crippen LogP) is 1.63. The number of aryl methyl sites for hydroxylation is 1. The number of hydrogen-bond acceptors (Lipinski definition) is 5. The number of aromatic carboxylic acids is 1. The molecule has 0 bridgehead atoms. The lowest BCUT2D eigenvalue weighted by Crippen LogP contribution is -2.50. The highest BCUT2D eigenvalue weighted by molar-refractivity contribution is 7.13. The third-order valence-electron chi connectivity index (χ3n) is 3.33. The van der Waals surface area contributed by atoms with Crippen LogP contribution in [0.1, 0.15) is 40.9 Å². The Morgan fingerprint density at radius 2 is 2.35 bits per heavy atom. The number of aromatic nitrogens is 1. The van der Waals surface area contributed by atoms with Gasteiger partial charge in [0.05, 0.1) is 11.2 Å². The van der Waals surface area contributed by atoms with Gasteiger partial charge in [0.2, 0.25) is 5.91 Å². The normalized spacial score (nSPS) is 16.6. The van der Waals surface area contributed by atoms with Crippen LogP contribution in [0, 0.1) is 0 Å². The predicted molar refractivity (Wildman–Crippen MR) is 75.6 cm³/mol. The number of hydrogen-bond donors (Lipinski definition) is 1. The summed E-state index contributed by atoms with van der Waals surface area (Å²) < 4.78 is 0. The molecule has 1 amide bonds. The van der Waals surface area contributed by atoms with Gasteiger partial charge < -0.3 is 5.11 Å².